The van der Waals surface area contributed by atoms with E-state index in [1.165, 1.54) is 0 Å². The van der Waals surface area contributed by atoms with Gasteiger partial charge in [0.05, 0.1) is 0 Å². The molecule has 0 atom stereocenters. The van der Waals surface area contributed by atoms with Crippen LogP contribution < -0.4 is 88.6 Å². The third-order valence-corrected chi connectivity index (χ3v) is 0. The summed E-state index contributed by atoms with van der Waals surface area (Å²) in [6.07, 6.45) is 0. The van der Waals surface area contributed by atoms with Crippen molar-refractivity contribution in [2.45, 2.75) is 0 Å². The van der Waals surface area contributed by atoms with Crippen LogP contribution in [0, 0.1) is 0 Å². The summed E-state index contributed by atoms with van der Waals surface area (Å²) in [5, 5.41) is 0. The van der Waals surface area contributed by atoms with Crippen molar-refractivity contribution >= 4 is 0 Å². The first-order valence-corrected chi connectivity index (χ1v) is 0. The van der Waals surface area contributed by atoms with Crippen molar-refractivity contribution in [1.29, 1.82) is 0 Å². The van der Waals surface area contributed by atoms with Crippen molar-refractivity contribution in [2.75, 3.05) is 0 Å². The minimum atomic E-state index is 0. The van der Waals surface area contributed by atoms with Gasteiger partial charge in [0.2, 0.25) is 0 Å². The van der Waals surface area contributed by atoms with Gasteiger partial charge in [-0.25, -0.2) is 0 Å². The van der Waals surface area contributed by atoms with Crippen molar-refractivity contribution in [3.8, 4) is 0 Å². The van der Waals surface area contributed by atoms with E-state index in [2.05, 4.69) is 0 Å². The molecule has 0 amide bonds. The minimum absolute atomic E-state index is 0. The van der Waals surface area contributed by atoms with Crippen LogP contribution in [0.15, 0.2) is 0 Å². The maximum Gasteiger partial charge on any atom is 4.00 e. The van der Waals surface area contributed by atoms with Gasteiger partial charge in [-0.3, -0.25) is 0 Å². The van der Waals surface area contributed by atoms with Gasteiger partial charge in [0.1, 0.15) is 0 Å². The van der Waals surface area contributed by atoms with E-state index in [0.29, 0.717) is 0 Å². The van der Waals surface area contributed by atoms with Gasteiger partial charge in [-0.15, -0.1) is 0 Å². The van der Waals surface area contributed by atoms with Gasteiger partial charge in [-0.05, 0) is 0 Å². The van der Waals surface area contributed by atoms with Crippen molar-refractivity contribution in [2.24, 2.45) is 0 Å². The fourth-order valence-electron chi connectivity index (χ4n) is 0. The van der Waals surface area contributed by atoms with Gasteiger partial charge >= 0.3 is 73.1 Å². The molecule has 0 aliphatic heterocycles. The molecule has 0 radical (unpaired) electrons. The molecule has 0 saturated carbocycles. The van der Waals surface area contributed by atoms with E-state index in [0.717, 1.165) is 0 Å². The Morgan fingerprint density at radius 2 is 0.600 bits per heavy atom. The number of hydrogen-bond donors (Lipinski definition) is 0. The van der Waals surface area contributed by atoms with Crippen molar-refractivity contribution in [3.05, 3.63) is 0 Å². The molecule has 0 aromatic carbocycles. The fourth-order valence-corrected chi connectivity index (χ4v) is 0. The van der Waals surface area contributed by atoms with Crippen LogP contribution in [0.5, 0.6) is 0 Å². The molecular weight excluding hydrogens is 193 g/mol. The molecule has 24 valence electrons. The summed E-state index contributed by atoms with van der Waals surface area (Å²) in [4.78, 5) is 0. The quantitative estimate of drug-likeness (QED) is 0.335. The maximum atomic E-state index is 0. The van der Waals surface area contributed by atoms with Crippen molar-refractivity contribution < 1.29 is 110 Å². The molecule has 0 nitrogen and oxygen atoms in total. The number of rotatable bonds is 0. The van der Waals surface area contributed by atoms with Gasteiger partial charge in [-0.1, -0.05) is 0 Å². The Morgan fingerprint density at radius 1 is 0.600 bits per heavy atom. The van der Waals surface area contributed by atoms with Crippen molar-refractivity contribution in [3.63, 3.8) is 0 Å². The van der Waals surface area contributed by atoms with Crippen LogP contribution in [0.2, 0.25) is 0 Å². The second-order valence-corrected chi connectivity index (χ2v) is 0. The van der Waals surface area contributed by atoms with Crippen LogP contribution in [0.25, 0.3) is 0 Å². The first kappa shape index (κ1) is 41.3. The Morgan fingerprint density at radius 3 is 0.600 bits per heavy atom. The van der Waals surface area contributed by atoms with Crippen LogP contribution in [-0.4, -0.2) is 0 Å². The molecule has 0 aromatic heterocycles. The normalized spacial score (nSPS) is 0. The molecule has 0 spiro atoms. The predicted molar refractivity (Wildman–Crippen MR) is 0 cm³/mol. The Bertz CT molecular complexity index is 6.85. The molecule has 0 aliphatic rings. The molecule has 0 aromatic rings. The summed E-state index contributed by atoms with van der Waals surface area (Å²) in [5.74, 6) is 0. The molecule has 0 unspecified atom stereocenters. The van der Waals surface area contributed by atoms with Crippen LogP contribution in [0.4, 0.5) is 0 Å². The average Bonchev–Trinajstić information content (AvgIpc) is 0. The molecule has 0 fully saturated rings. The van der Waals surface area contributed by atoms with Gasteiger partial charge in [0.15, 0.2) is 0 Å². The third-order valence-electron chi connectivity index (χ3n) is 0. The molecule has 5 heavy (non-hydrogen) atoms. The van der Waals surface area contributed by atoms with Crippen LogP contribution in [-0.2, 0) is 21.7 Å². The van der Waals surface area contributed by atoms with E-state index in [4.69, 9.17) is 0 Å². The SMILES string of the molecule is [Cl-].[Cl-].[Cl-].[K+].[Ti+4]. The zero-order valence-corrected chi connectivity index (χ0v) is 9.59. The second kappa shape index (κ2) is 26.9. The van der Waals surface area contributed by atoms with Gasteiger partial charge in [0.25, 0.3) is 0 Å². The summed E-state index contributed by atoms with van der Waals surface area (Å²) in [6.45, 7) is 0. The molecular formula is Cl3KTi+2. The average molecular weight is 193 g/mol. The second-order valence-electron chi connectivity index (χ2n) is 0. The van der Waals surface area contributed by atoms with E-state index in [9.17, 15) is 0 Å². The standard InChI is InChI=1S/3ClH.K.Ti/h3*1H;;/q;;;+1;+4/p-3. The summed E-state index contributed by atoms with van der Waals surface area (Å²) in [6, 6.07) is 0. The van der Waals surface area contributed by atoms with E-state index < -0.39 is 0 Å². The van der Waals surface area contributed by atoms with Gasteiger partial charge < -0.3 is 37.2 Å². The summed E-state index contributed by atoms with van der Waals surface area (Å²) < 4.78 is 0. The molecule has 0 heterocycles. The predicted octanol–water partition coefficient (Wildman–Crippen LogP) is -12.0. The van der Waals surface area contributed by atoms with Gasteiger partial charge in [0, 0.05) is 0 Å². The summed E-state index contributed by atoms with van der Waals surface area (Å²) in [7, 11) is 0. The molecule has 0 rings (SSSR count). The zero-order chi connectivity index (χ0) is 0. The monoisotopic (exact) mass is 192 g/mol. The summed E-state index contributed by atoms with van der Waals surface area (Å²) >= 11 is 0. The van der Waals surface area contributed by atoms with Crippen LogP contribution in [0.3, 0.4) is 0 Å². The molecule has 0 saturated heterocycles. The summed E-state index contributed by atoms with van der Waals surface area (Å²) in [5.41, 5.74) is 0. The van der Waals surface area contributed by atoms with E-state index in [1.54, 1.807) is 0 Å². The maximum absolute atomic E-state index is 0. The third kappa shape index (κ3) is 19.0. The molecule has 0 N–H and O–H groups in total. The molecule has 0 aliphatic carbocycles. The largest absolute Gasteiger partial charge is 4.00 e. The topological polar surface area (TPSA) is 0 Å². The van der Waals surface area contributed by atoms with Crippen molar-refractivity contribution in [1.82, 2.24) is 0 Å². The Balaban J connectivity index is 0. The van der Waals surface area contributed by atoms with E-state index in [1.807, 2.05) is 0 Å². The molecule has 5 heteroatoms. The van der Waals surface area contributed by atoms with E-state index >= 15 is 0 Å². The fraction of sp³-hybridized carbons (Fsp3) is 0. The van der Waals surface area contributed by atoms with E-state index in [-0.39, 0.29) is 110 Å². The van der Waals surface area contributed by atoms with Crippen LogP contribution in [0.1, 0.15) is 0 Å². The first-order valence-electron chi connectivity index (χ1n) is 0. The smallest absolute Gasteiger partial charge is 1.00 e. The van der Waals surface area contributed by atoms with Gasteiger partial charge in [-0.2, -0.15) is 0 Å². The number of hydrogen-bond acceptors (Lipinski definition) is 0. The minimum Gasteiger partial charge on any atom is -1.00 e. The number of halogens is 3. The van der Waals surface area contributed by atoms with Crippen LogP contribution >= 0.6 is 0 Å². The Labute approximate surface area is 108 Å². The first-order chi connectivity index (χ1) is 0. The zero-order valence-electron chi connectivity index (χ0n) is 2.63. The Hall–Kier alpha value is 3.22. The molecule has 0 bridgehead atoms. The Kier molecular flexibility index (Phi) is 223.